The molecule has 1 heterocycles. The first-order chi connectivity index (χ1) is 7.46. The van der Waals surface area contributed by atoms with Gasteiger partial charge in [0.05, 0.1) is 8.07 Å². The first-order valence-corrected chi connectivity index (χ1v) is 9.96. The zero-order valence-corrected chi connectivity index (χ0v) is 11.6. The number of hydrogen-bond donors (Lipinski definition) is 0. The highest BCUT2D eigenvalue weighted by molar-refractivity contribution is 6.81. The van der Waals surface area contributed by atoms with Crippen LogP contribution in [-0.2, 0) is 9.53 Å². The van der Waals surface area contributed by atoms with Gasteiger partial charge in [0.2, 0.25) is 0 Å². The lowest BCUT2D eigenvalue weighted by molar-refractivity contribution is -0.153. The fourth-order valence-corrected chi connectivity index (χ4v) is 4.06. The molecule has 0 N–H and O–H groups in total. The summed E-state index contributed by atoms with van der Waals surface area (Å²) in [6.45, 7) is 6.79. The van der Waals surface area contributed by atoms with Gasteiger partial charge in [-0.1, -0.05) is 31.8 Å². The van der Waals surface area contributed by atoms with Gasteiger partial charge in [0, 0.05) is 11.5 Å². The van der Waals surface area contributed by atoms with Crippen molar-refractivity contribution >= 4 is 14.0 Å². The van der Waals surface area contributed by atoms with Crippen LogP contribution >= 0.6 is 0 Å². The van der Waals surface area contributed by atoms with Gasteiger partial charge in [-0.2, -0.15) is 0 Å². The molecule has 2 atom stereocenters. The lowest BCUT2D eigenvalue weighted by atomic mass is 9.81. The fraction of sp³-hybridized carbons (Fsp3) is 0.769. The van der Waals surface area contributed by atoms with Gasteiger partial charge in [-0.15, -0.1) is 0 Å². The zero-order valence-electron chi connectivity index (χ0n) is 10.6. The maximum Gasteiger partial charge on any atom is 0.333 e. The van der Waals surface area contributed by atoms with Crippen molar-refractivity contribution in [3.63, 3.8) is 0 Å². The molecule has 0 unspecified atom stereocenters. The minimum absolute atomic E-state index is 0.0365. The normalized spacial score (nSPS) is 33.4. The van der Waals surface area contributed by atoms with E-state index in [2.05, 4.69) is 25.3 Å². The Morgan fingerprint density at radius 1 is 1.25 bits per heavy atom. The maximum atomic E-state index is 11.9. The molecular formula is C13H22O2Si. The molecule has 16 heavy (non-hydrogen) atoms. The number of ether oxygens (including phenoxy) is 1. The number of esters is 1. The molecule has 0 aromatic carbocycles. The molecular weight excluding hydrogens is 216 g/mol. The molecule has 1 saturated heterocycles. The topological polar surface area (TPSA) is 26.3 Å². The van der Waals surface area contributed by atoms with Crippen LogP contribution in [0.25, 0.3) is 0 Å². The van der Waals surface area contributed by atoms with Crippen LogP contribution in [0.5, 0.6) is 0 Å². The molecule has 1 aliphatic carbocycles. The second-order valence-corrected chi connectivity index (χ2v) is 11.2. The molecule has 0 aromatic heterocycles. The lowest BCUT2D eigenvalue weighted by Crippen LogP contribution is -2.37. The lowest BCUT2D eigenvalue weighted by Gasteiger charge is -2.36. The molecule has 2 nitrogen and oxygen atoms in total. The molecule has 0 bridgehead atoms. The molecule has 0 spiro atoms. The average molecular weight is 238 g/mol. The Balaban J connectivity index is 2.12. The van der Waals surface area contributed by atoms with Crippen LogP contribution in [-0.4, -0.2) is 20.1 Å². The van der Waals surface area contributed by atoms with Gasteiger partial charge < -0.3 is 4.74 Å². The van der Waals surface area contributed by atoms with Crippen molar-refractivity contribution in [2.75, 3.05) is 0 Å². The molecule has 3 heteroatoms. The van der Waals surface area contributed by atoms with E-state index in [1.54, 1.807) is 0 Å². The highest BCUT2D eigenvalue weighted by Crippen LogP contribution is 2.36. The monoisotopic (exact) mass is 238 g/mol. The SMILES string of the molecule is C[Si](C)(C)/C=C1/C[C@H]2CCCC[C@@H]2OC1=O. The zero-order chi connectivity index (χ0) is 11.8. The Bertz CT molecular complexity index is 314. The molecule has 1 saturated carbocycles. The van der Waals surface area contributed by atoms with E-state index in [1.807, 2.05) is 0 Å². The van der Waals surface area contributed by atoms with Crippen LogP contribution in [0.4, 0.5) is 0 Å². The Labute approximate surface area is 99.1 Å². The van der Waals surface area contributed by atoms with E-state index in [-0.39, 0.29) is 12.1 Å². The predicted molar refractivity (Wildman–Crippen MR) is 67.9 cm³/mol. The summed E-state index contributed by atoms with van der Waals surface area (Å²) in [7, 11) is -1.31. The van der Waals surface area contributed by atoms with Crippen molar-refractivity contribution in [3.05, 3.63) is 11.3 Å². The number of fused-ring (bicyclic) bond motifs is 1. The number of carbonyl (C=O) groups excluding carboxylic acids is 1. The molecule has 90 valence electrons. The summed E-state index contributed by atoms with van der Waals surface area (Å²) in [6.07, 6.45) is 6.03. The summed E-state index contributed by atoms with van der Waals surface area (Å²) >= 11 is 0. The maximum absolute atomic E-state index is 11.9. The Morgan fingerprint density at radius 3 is 2.62 bits per heavy atom. The van der Waals surface area contributed by atoms with E-state index in [4.69, 9.17) is 4.74 Å². The van der Waals surface area contributed by atoms with Gasteiger partial charge in [-0.3, -0.25) is 0 Å². The Hall–Kier alpha value is -0.573. The molecule has 2 aliphatic rings. The van der Waals surface area contributed by atoms with Gasteiger partial charge in [0.15, 0.2) is 0 Å². The summed E-state index contributed by atoms with van der Waals surface area (Å²) in [5.74, 6) is 0.569. The van der Waals surface area contributed by atoms with Crippen LogP contribution in [0, 0.1) is 5.92 Å². The van der Waals surface area contributed by atoms with Crippen LogP contribution in [0.1, 0.15) is 32.1 Å². The van der Waals surface area contributed by atoms with Gasteiger partial charge in [0.1, 0.15) is 6.10 Å². The summed E-state index contributed by atoms with van der Waals surface area (Å²) in [6, 6.07) is 0. The van der Waals surface area contributed by atoms with Crippen molar-refractivity contribution in [1.82, 2.24) is 0 Å². The summed E-state index contributed by atoms with van der Waals surface area (Å²) < 4.78 is 5.56. The largest absolute Gasteiger partial charge is 0.459 e. The van der Waals surface area contributed by atoms with Gasteiger partial charge >= 0.3 is 5.97 Å². The minimum atomic E-state index is -1.31. The first-order valence-electron chi connectivity index (χ1n) is 6.38. The molecule has 2 rings (SSSR count). The summed E-state index contributed by atoms with van der Waals surface area (Å²) in [4.78, 5) is 11.9. The number of carbonyl (C=O) groups is 1. The van der Waals surface area contributed by atoms with Crippen molar-refractivity contribution in [2.45, 2.75) is 57.8 Å². The van der Waals surface area contributed by atoms with Gasteiger partial charge in [0.25, 0.3) is 0 Å². The number of rotatable bonds is 1. The van der Waals surface area contributed by atoms with E-state index in [1.165, 1.54) is 19.3 Å². The first kappa shape index (κ1) is 11.9. The van der Waals surface area contributed by atoms with E-state index >= 15 is 0 Å². The highest BCUT2D eigenvalue weighted by Gasteiger charge is 2.35. The quantitative estimate of drug-likeness (QED) is 0.398. The van der Waals surface area contributed by atoms with E-state index in [9.17, 15) is 4.79 Å². The molecule has 1 aliphatic heterocycles. The summed E-state index contributed by atoms with van der Waals surface area (Å²) in [5.41, 5.74) is 3.18. The van der Waals surface area contributed by atoms with Gasteiger partial charge in [-0.25, -0.2) is 4.79 Å². The second-order valence-electron chi connectivity index (χ2n) is 6.23. The summed E-state index contributed by atoms with van der Waals surface area (Å²) in [5, 5.41) is 0. The minimum Gasteiger partial charge on any atom is -0.459 e. The van der Waals surface area contributed by atoms with E-state index in [0.717, 1.165) is 18.4 Å². The number of hydrogen-bond acceptors (Lipinski definition) is 2. The average Bonchev–Trinajstić information content (AvgIpc) is 2.17. The molecule has 0 amide bonds. The predicted octanol–water partition coefficient (Wildman–Crippen LogP) is 3.30. The van der Waals surface area contributed by atoms with E-state index in [0.29, 0.717) is 5.92 Å². The fourth-order valence-electron chi connectivity index (χ4n) is 2.78. The van der Waals surface area contributed by atoms with Gasteiger partial charge in [-0.05, 0) is 25.7 Å². The second kappa shape index (κ2) is 4.36. The third kappa shape index (κ3) is 2.76. The highest BCUT2D eigenvalue weighted by atomic mass is 28.3. The van der Waals surface area contributed by atoms with Crippen LogP contribution in [0.15, 0.2) is 11.3 Å². The van der Waals surface area contributed by atoms with Crippen LogP contribution < -0.4 is 0 Å². The van der Waals surface area contributed by atoms with Crippen LogP contribution in [0.3, 0.4) is 0 Å². The molecule has 0 radical (unpaired) electrons. The third-order valence-electron chi connectivity index (χ3n) is 3.45. The Kier molecular flexibility index (Phi) is 3.24. The van der Waals surface area contributed by atoms with Crippen molar-refractivity contribution in [2.24, 2.45) is 5.92 Å². The van der Waals surface area contributed by atoms with E-state index < -0.39 is 8.07 Å². The van der Waals surface area contributed by atoms with Crippen LogP contribution in [0.2, 0.25) is 19.6 Å². The smallest absolute Gasteiger partial charge is 0.333 e. The molecule has 0 aromatic rings. The molecule has 2 fully saturated rings. The Morgan fingerprint density at radius 2 is 1.94 bits per heavy atom. The van der Waals surface area contributed by atoms with Crippen molar-refractivity contribution in [3.8, 4) is 0 Å². The third-order valence-corrected chi connectivity index (χ3v) is 4.66. The van der Waals surface area contributed by atoms with Crippen molar-refractivity contribution in [1.29, 1.82) is 0 Å². The standard InChI is InChI=1S/C13H22O2Si/c1-16(2,3)9-11-8-10-6-4-5-7-12(10)15-13(11)14/h9-10,12H,4-8H2,1-3H3/b11-9-/t10-,12+/m1/s1. The van der Waals surface area contributed by atoms with Crippen molar-refractivity contribution < 1.29 is 9.53 Å².